The molecule has 1 unspecified atom stereocenters. The van der Waals surface area contributed by atoms with Gasteiger partial charge < -0.3 is 20.3 Å². The lowest BCUT2D eigenvalue weighted by atomic mass is 10.1. The normalized spacial score (nSPS) is 16.0. The molecule has 1 aromatic carbocycles. The van der Waals surface area contributed by atoms with E-state index in [-0.39, 0.29) is 17.9 Å². The fourth-order valence-electron chi connectivity index (χ4n) is 2.85. The lowest BCUT2D eigenvalue weighted by molar-refractivity contribution is 0.0857. The number of carbonyl (C=O) groups excluding carboxylic acids is 2. The van der Waals surface area contributed by atoms with Crippen LogP contribution < -0.4 is 15.5 Å². The van der Waals surface area contributed by atoms with Gasteiger partial charge in [-0.15, -0.1) is 0 Å². The predicted octanol–water partition coefficient (Wildman–Crippen LogP) is 2.31. The topological polar surface area (TPSA) is 83.6 Å². The Hall–Kier alpha value is -2.93. The first kappa shape index (κ1) is 18.8. The van der Waals surface area contributed by atoms with Crippen molar-refractivity contribution in [2.45, 2.75) is 18.9 Å². The number of hydrogen-bond donors (Lipinski definition) is 2. The number of ether oxygens (including phenoxy) is 1. The van der Waals surface area contributed by atoms with E-state index in [1.807, 2.05) is 43.3 Å². The molecule has 2 aromatic rings. The molecule has 0 saturated carbocycles. The molecule has 1 aliphatic rings. The standard InChI is InChI=1S/C20H24N4O3/c1-24(2)17-7-5-16(6-8-17)23-20(26)15-10-14(11-21-12-15)19(25)22-13-18-4-3-9-27-18/h5-8,10-12,18H,3-4,9,13H2,1-2H3,(H,22,25)(H,23,26). The van der Waals surface area contributed by atoms with Gasteiger partial charge >= 0.3 is 0 Å². The number of benzene rings is 1. The monoisotopic (exact) mass is 368 g/mol. The molecule has 1 aliphatic heterocycles. The number of nitrogens with zero attached hydrogens (tertiary/aromatic N) is 2. The number of aromatic nitrogens is 1. The maximum absolute atomic E-state index is 12.5. The quantitative estimate of drug-likeness (QED) is 0.817. The first-order valence-corrected chi connectivity index (χ1v) is 8.96. The highest BCUT2D eigenvalue weighted by Gasteiger charge is 2.17. The van der Waals surface area contributed by atoms with Crippen LogP contribution in [0.4, 0.5) is 11.4 Å². The molecule has 0 bridgehead atoms. The van der Waals surface area contributed by atoms with E-state index >= 15 is 0 Å². The minimum absolute atomic E-state index is 0.0681. The van der Waals surface area contributed by atoms with E-state index < -0.39 is 0 Å². The van der Waals surface area contributed by atoms with Crippen LogP contribution in [0.25, 0.3) is 0 Å². The van der Waals surface area contributed by atoms with Crippen molar-refractivity contribution in [3.63, 3.8) is 0 Å². The van der Waals surface area contributed by atoms with E-state index in [1.54, 1.807) is 6.07 Å². The van der Waals surface area contributed by atoms with E-state index in [4.69, 9.17) is 4.74 Å². The van der Waals surface area contributed by atoms with Crippen molar-refractivity contribution >= 4 is 23.2 Å². The van der Waals surface area contributed by atoms with Gasteiger partial charge in [0.2, 0.25) is 0 Å². The Labute approximate surface area is 158 Å². The van der Waals surface area contributed by atoms with Crippen LogP contribution in [-0.4, -0.2) is 50.1 Å². The molecule has 0 radical (unpaired) electrons. The third-order valence-electron chi connectivity index (χ3n) is 4.42. The van der Waals surface area contributed by atoms with Gasteiger partial charge in [-0.3, -0.25) is 14.6 Å². The Morgan fingerprint density at radius 3 is 2.48 bits per heavy atom. The summed E-state index contributed by atoms with van der Waals surface area (Å²) < 4.78 is 5.49. The van der Waals surface area contributed by atoms with Crippen molar-refractivity contribution < 1.29 is 14.3 Å². The lowest BCUT2D eigenvalue weighted by Gasteiger charge is -2.13. The van der Waals surface area contributed by atoms with Gasteiger partial charge in [0.15, 0.2) is 0 Å². The Bertz CT molecular complexity index is 799. The molecule has 142 valence electrons. The third kappa shape index (κ3) is 5.04. The van der Waals surface area contributed by atoms with Gasteiger partial charge in [0.25, 0.3) is 11.8 Å². The van der Waals surface area contributed by atoms with Crippen molar-refractivity contribution in [1.29, 1.82) is 0 Å². The highest BCUT2D eigenvalue weighted by molar-refractivity contribution is 6.05. The number of pyridine rings is 1. The molecule has 7 nitrogen and oxygen atoms in total. The number of nitrogens with one attached hydrogen (secondary N) is 2. The van der Waals surface area contributed by atoms with Gasteiger partial charge in [-0.25, -0.2) is 0 Å². The maximum Gasteiger partial charge on any atom is 0.257 e. The fraction of sp³-hybridized carbons (Fsp3) is 0.350. The van der Waals surface area contributed by atoms with Crippen LogP contribution in [0.2, 0.25) is 0 Å². The molecule has 1 saturated heterocycles. The van der Waals surface area contributed by atoms with Gasteiger partial charge in [-0.2, -0.15) is 0 Å². The van der Waals surface area contributed by atoms with Crippen LogP contribution in [-0.2, 0) is 4.74 Å². The van der Waals surface area contributed by atoms with E-state index in [1.165, 1.54) is 12.4 Å². The summed E-state index contributed by atoms with van der Waals surface area (Å²) in [4.78, 5) is 30.8. The second-order valence-electron chi connectivity index (χ2n) is 6.70. The Morgan fingerprint density at radius 1 is 1.15 bits per heavy atom. The van der Waals surface area contributed by atoms with Crippen LogP contribution in [0.3, 0.4) is 0 Å². The van der Waals surface area contributed by atoms with E-state index in [0.717, 1.165) is 25.1 Å². The average molecular weight is 368 g/mol. The zero-order valence-electron chi connectivity index (χ0n) is 15.6. The largest absolute Gasteiger partial charge is 0.378 e. The molecule has 2 N–H and O–H groups in total. The van der Waals surface area contributed by atoms with E-state index in [9.17, 15) is 9.59 Å². The molecular weight excluding hydrogens is 344 g/mol. The van der Waals surface area contributed by atoms with Crippen molar-refractivity contribution in [3.8, 4) is 0 Å². The first-order chi connectivity index (χ1) is 13.0. The van der Waals surface area contributed by atoms with Crippen LogP contribution in [0, 0.1) is 0 Å². The average Bonchev–Trinajstić information content (AvgIpc) is 3.20. The highest BCUT2D eigenvalue weighted by Crippen LogP contribution is 2.17. The second-order valence-corrected chi connectivity index (χ2v) is 6.70. The van der Waals surface area contributed by atoms with Crippen LogP contribution >= 0.6 is 0 Å². The molecule has 0 aliphatic carbocycles. The predicted molar refractivity (Wildman–Crippen MR) is 104 cm³/mol. The summed E-state index contributed by atoms with van der Waals surface area (Å²) in [6, 6.07) is 9.05. The summed E-state index contributed by atoms with van der Waals surface area (Å²) in [6.07, 6.45) is 4.94. The number of carbonyl (C=O) groups is 2. The summed E-state index contributed by atoms with van der Waals surface area (Å²) in [6.45, 7) is 1.21. The van der Waals surface area contributed by atoms with Crippen molar-refractivity contribution in [1.82, 2.24) is 10.3 Å². The molecule has 27 heavy (non-hydrogen) atoms. The lowest BCUT2D eigenvalue weighted by Crippen LogP contribution is -2.32. The Balaban J connectivity index is 1.61. The van der Waals surface area contributed by atoms with Crippen molar-refractivity contribution in [3.05, 3.63) is 53.9 Å². The number of hydrogen-bond acceptors (Lipinski definition) is 5. The van der Waals surface area contributed by atoms with Crippen LogP contribution in [0.15, 0.2) is 42.7 Å². The van der Waals surface area contributed by atoms with Gasteiger partial charge in [0.05, 0.1) is 17.2 Å². The molecule has 1 fully saturated rings. The molecule has 0 spiro atoms. The Morgan fingerprint density at radius 2 is 1.85 bits per heavy atom. The molecule has 7 heteroatoms. The van der Waals surface area contributed by atoms with E-state index in [2.05, 4.69) is 15.6 Å². The Kier molecular flexibility index (Phi) is 6.03. The SMILES string of the molecule is CN(C)c1ccc(NC(=O)c2cncc(C(=O)NCC3CCCO3)c2)cc1. The summed E-state index contributed by atoms with van der Waals surface area (Å²) in [7, 11) is 3.91. The van der Waals surface area contributed by atoms with Crippen molar-refractivity contribution in [2.24, 2.45) is 0 Å². The molecule has 3 rings (SSSR count). The molecule has 1 aromatic heterocycles. The smallest absolute Gasteiger partial charge is 0.257 e. The summed E-state index contributed by atoms with van der Waals surface area (Å²) in [5.74, 6) is -0.572. The summed E-state index contributed by atoms with van der Waals surface area (Å²) in [5, 5.41) is 5.65. The third-order valence-corrected chi connectivity index (χ3v) is 4.42. The highest BCUT2D eigenvalue weighted by atomic mass is 16.5. The minimum atomic E-state index is -0.311. The van der Waals surface area contributed by atoms with Crippen LogP contribution in [0.1, 0.15) is 33.6 Å². The second kappa shape index (κ2) is 8.64. The minimum Gasteiger partial charge on any atom is -0.378 e. The number of rotatable bonds is 6. The number of amides is 2. The van der Waals surface area contributed by atoms with Crippen molar-refractivity contribution in [2.75, 3.05) is 37.5 Å². The number of anilines is 2. The summed E-state index contributed by atoms with van der Waals surface area (Å²) >= 11 is 0. The molecule has 2 amide bonds. The molecular formula is C20H24N4O3. The zero-order valence-corrected chi connectivity index (χ0v) is 15.6. The molecule has 1 atom stereocenters. The maximum atomic E-state index is 12.5. The first-order valence-electron chi connectivity index (χ1n) is 8.96. The van der Waals surface area contributed by atoms with Gasteiger partial charge in [-0.1, -0.05) is 0 Å². The van der Waals surface area contributed by atoms with Gasteiger partial charge in [-0.05, 0) is 43.2 Å². The van der Waals surface area contributed by atoms with Crippen LogP contribution in [0.5, 0.6) is 0 Å². The molecule has 2 heterocycles. The van der Waals surface area contributed by atoms with E-state index in [0.29, 0.717) is 23.4 Å². The zero-order chi connectivity index (χ0) is 19.2. The van der Waals surface area contributed by atoms with Gasteiger partial charge in [0.1, 0.15) is 0 Å². The summed E-state index contributed by atoms with van der Waals surface area (Å²) in [5.41, 5.74) is 2.40. The van der Waals surface area contributed by atoms with Gasteiger partial charge in [0, 0.05) is 51.0 Å². The fourth-order valence-corrected chi connectivity index (χ4v) is 2.85.